The van der Waals surface area contributed by atoms with Gasteiger partial charge in [-0.25, -0.2) is 0 Å². The Labute approximate surface area is 263 Å². The number of nitrogens with one attached hydrogen (secondary N) is 2. The number of hydrogen-bond acceptors (Lipinski definition) is 2. The first-order valence-corrected chi connectivity index (χ1v) is 14.7. The van der Waals surface area contributed by atoms with Crippen LogP contribution in [0.1, 0.15) is 51.7 Å². The van der Waals surface area contributed by atoms with Crippen LogP contribution in [0.4, 0.5) is 0 Å². The SMILES string of the molecule is CC[N+](CC)(CCCNC(=O)C(=O)NCCC[N+](CC)(CC)Cc1ccccc1Cl)Cc1ccccc1Cl.[Cl-].[Cl-]. The van der Waals surface area contributed by atoms with E-state index >= 15 is 0 Å². The zero-order valence-electron chi connectivity index (χ0n) is 24.3. The molecule has 6 nitrogen and oxygen atoms in total. The van der Waals surface area contributed by atoms with Crippen LogP contribution in [0, 0.1) is 0 Å². The predicted molar refractivity (Wildman–Crippen MR) is 158 cm³/mol. The molecule has 0 aliphatic carbocycles. The average molecular weight is 637 g/mol. The van der Waals surface area contributed by atoms with E-state index in [1.807, 2.05) is 36.4 Å². The van der Waals surface area contributed by atoms with Gasteiger partial charge >= 0.3 is 11.8 Å². The van der Waals surface area contributed by atoms with Gasteiger partial charge in [0.2, 0.25) is 0 Å². The highest BCUT2D eigenvalue weighted by Gasteiger charge is 2.26. The van der Waals surface area contributed by atoms with Crippen LogP contribution < -0.4 is 35.4 Å². The molecule has 0 unspecified atom stereocenters. The second-order valence-corrected chi connectivity index (χ2v) is 10.9. The van der Waals surface area contributed by atoms with Crippen LogP contribution in [-0.4, -0.2) is 73.1 Å². The summed E-state index contributed by atoms with van der Waals surface area (Å²) in [6, 6.07) is 15.9. The second kappa shape index (κ2) is 19.6. The van der Waals surface area contributed by atoms with E-state index in [1.54, 1.807) is 0 Å². The van der Waals surface area contributed by atoms with Crippen LogP contribution in [0.15, 0.2) is 48.5 Å². The lowest BCUT2D eigenvalue weighted by molar-refractivity contribution is -0.937. The van der Waals surface area contributed by atoms with Crippen LogP contribution in [0.2, 0.25) is 10.0 Å². The first kappa shape index (κ1) is 38.5. The van der Waals surface area contributed by atoms with Crippen LogP contribution >= 0.6 is 23.2 Å². The van der Waals surface area contributed by atoms with Crippen molar-refractivity contribution in [1.29, 1.82) is 0 Å². The fraction of sp³-hybridized carbons (Fsp3) is 0.533. The summed E-state index contributed by atoms with van der Waals surface area (Å²) in [6.45, 7) is 17.1. The molecule has 0 atom stereocenters. The molecule has 40 heavy (non-hydrogen) atoms. The number of benzene rings is 2. The van der Waals surface area contributed by atoms with Crippen molar-refractivity contribution < 1.29 is 43.4 Å². The molecule has 0 aliphatic heterocycles. The van der Waals surface area contributed by atoms with Crippen molar-refractivity contribution in [2.45, 2.75) is 53.6 Å². The lowest BCUT2D eigenvalue weighted by Gasteiger charge is -2.37. The van der Waals surface area contributed by atoms with Gasteiger partial charge in [0.05, 0.1) is 39.3 Å². The standard InChI is InChI=1S/C30H44Cl2N4O2.2ClH/c1-5-35(6-2,23-25-15-9-11-17-27(25)31)21-13-19-33-29(37)30(38)34-20-14-22-36(7-3,8-4)24-26-16-10-12-18-28(26)32;;/h9-12,15-18H,5-8,13-14,19-24H2,1-4H3;2*1H. The van der Waals surface area contributed by atoms with Gasteiger partial charge < -0.3 is 44.4 Å². The van der Waals surface area contributed by atoms with E-state index < -0.39 is 11.8 Å². The van der Waals surface area contributed by atoms with Gasteiger partial charge in [-0.2, -0.15) is 0 Å². The van der Waals surface area contributed by atoms with E-state index in [0.29, 0.717) is 13.1 Å². The lowest BCUT2D eigenvalue weighted by atomic mass is 10.1. The van der Waals surface area contributed by atoms with Crippen molar-refractivity contribution in [3.05, 3.63) is 69.7 Å². The third-order valence-corrected chi connectivity index (χ3v) is 8.74. The van der Waals surface area contributed by atoms with Crippen LogP contribution in [-0.2, 0) is 22.7 Å². The molecule has 2 rings (SSSR count). The van der Waals surface area contributed by atoms with Crippen LogP contribution in [0.3, 0.4) is 0 Å². The van der Waals surface area contributed by atoms with Gasteiger partial charge in [-0.15, -0.1) is 0 Å². The first-order valence-electron chi connectivity index (χ1n) is 14.0. The van der Waals surface area contributed by atoms with Crippen molar-refractivity contribution in [1.82, 2.24) is 10.6 Å². The summed E-state index contributed by atoms with van der Waals surface area (Å²) in [5, 5.41) is 7.17. The molecule has 0 aromatic heterocycles. The van der Waals surface area contributed by atoms with Crippen molar-refractivity contribution >= 4 is 35.0 Å². The Morgan fingerprint density at radius 1 is 0.625 bits per heavy atom. The highest BCUT2D eigenvalue weighted by molar-refractivity contribution is 6.35. The summed E-state index contributed by atoms with van der Waals surface area (Å²) >= 11 is 12.8. The van der Waals surface area contributed by atoms with Crippen LogP contribution in [0.5, 0.6) is 0 Å². The molecular formula is C30H46Cl4N4O2. The quantitative estimate of drug-likeness (QED) is 0.148. The highest BCUT2D eigenvalue weighted by atomic mass is 35.5. The van der Waals surface area contributed by atoms with Gasteiger partial charge in [-0.3, -0.25) is 9.59 Å². The van der Waals surface area contributed by atoms with E-state index in [0.717, 1.165) is 95.3 Å². The molecule has 0 heterocycles. The summed E-state index contributed by atoms with van der Waals surface area (Å²) in [5.41, 5.74) is 2.28. The molecular weight excluding hydrogens is 590 g/mol. The van der Waals surface area contributed by atoms with E-state index in [2.05, 4.69) is 50.5 Å². The number of hydrogen-bond donors (Lipinski definition) is 2. The van der Waals surface area contributed by atoms with Gasteiger partial charge in [0, 0.05) is 47.1 Å². The Morgan fingerprint density at radius 3 is 1.25 bits per heavy atom. The fourth-order valence-corrected chi connectivity index (χ4v) is 5.45. The Kier molecular flexibility index (Phi) is 18.8. The molecule has 10 heteroatoms. The number of carbonyl (C=O) groups is 2. The average Bonchev–Trinajstić information content (AvgIpc) is 2.94. The summed E-state index contributed by atoms with van der Waals surface area (Å²) in [6.07, 6.45) is 1.58. The topological polar surface area (TPSA) is 58.2 Å². The second-order valence-electron chi connectivity index (χ2n) is 10.1. The normalized spacial score (nSPS) is 11.2. The summed E-state index contributed by atoms with van der Waals surface area (Å²) in [4.78, 5) is 24.7. The van der Waals surface area contributed by atoms with E-state index in [9.17, 15) is 9.59 Å². The van der Waals surface area contributed by atoms with E-state index in [1.165, 1.54) is 0 Å². The first-order chi connectivity index (χ1) is 18.2. The molecule has 226 valence electrons. The minimum Gasteiger partial charge on any atom is -1.00 e. The largest absolute Gasteiger partial charge is 1.00 e. The molecule has 2 N–H and O–H groups in total. The molecule has 2 amide bonds. The Hall–Kier alpha value is -1.54. The minimum atomic E-state index is -0.565. The Bertz CT molecular complexity index is 949. The fourth-order valence-electron chi connectivity index (χ4n) is 5.05. The zero-order valence-corrected chi connectivity index (χ0v) is 27.4. The molecule has 0 spiro atoms. The maximum Gasteiger partial charge on any atom is 0.309 e. The number of amides is 2. The van der Waals surface area contributed by atoms with Crippen LogP contribution in [0.25, 0.3) is 0 Å². The molecule has 2 aromatic carbocycles. The molecule has 0 aliphatic rings. The number of halogens is 4. The lowest BCUT2D eigenvalue weighted by Crippen LogP contribution is -3.00. The molecule has 0 fully saturated rings. The zero-order chi connectivity index (χ0) is 28.0. The molecule has 2 aromatic rings. The van der Waals surface area contributed by atoms with E-state index in [-0.39, 0.29) is 24.8 Å². The maximum atomic E-state index is 12.4. The van der Waals surface area contributed by atoms with Gasteiger partial charge in [-0.05, 0) is 39.8 Å². The number of quaternary nitrogens is 2. The van der Waals surface area contributed by atoms with Crippen molar-refractivity contribution in [3.8, 4) is 0 Å². The summed E-state index contributed by atoms with van der Waals surface area (Å²) < 4.78 is 1.77. The molecule has 0 bridgehead atoms. The number of rotatable bonds is 16. The minimum absolute atomic E-state index is 0. The van der Waals surface area contributed by atoms with Gasteiger partial charge in [-0.1, -0.05) is 59.6 Å². The number of nitrogens with zero attached hydrogens (tertiary/aromatic N) is 2. The monoisotopic (exact) mass is 634 g/mol. The smallest absolute Gasteiger partial charge is 0.309 e. The van der Waals surface area contributed by atoms with Crippen molar-refractivity contribution in [2.24, 2.45) is 0 Å². The van der Waals surface area contributed by atoms with Crippen molar-refractivity contribution in [2.75, 3.05) is 52.4 Å². The third kappa shape index (κ3) is 11.8. The van der Waals surface area contributed by atoms with Gasteiger partial charge in [0.1, 0.15) is 13.1 Å². The maximum absolute atomic E-state index is 12.4. The number of carbonyl (C=O) groups excluding carboxylic acids is 2. The highest BCUT2D eigenvalue weighted by Crippen LogP contribution is 2.23. The summed E-state index contributed by atoms with van der Waals surface area (Å²) in [7, 11) is 0. The third-order valence-electron chi connectivity index (χ3n) is 8.01. The van der Waals surface area contributed by atoms with E-state index in [4.69, 9.17) is 23.2 Å². The van der Waals surface area contributed by atoms with Gasteiger partial charge in [0.25, 0.3) is 0 Å². The molecule has 0 saturated carbocycles. The van der Waals surface area contributed by atoms with Gasteiger partial charge in [0.15, 0.2) is 0 Å². The molecule has 0 radical (unpaired) electrons. The summed E-state index contributed by atoms with van der Waals surface area (Å²) in [5.74, 6) is -1.13. The predicted octanol–water partition coefficient (Wildman–Crippen LogP) is -0.573. The van der Waals surface area contributed by atoms with Crippen molar-refractivity contribution in [3.63, 3.8) is 0 Å². The Balaban J connectivity index is 0.00000760. The molecule has 0 saturated heterocycles. The Morgan fingerprint density at radius 2 is 0.950 bits per heavy atom.